The molecule has 2 saturated heterocycles. The molecule has 3 aromatic heterocycles. The second-order valence-electron chi connectivity index (χ2n) is 11.0. The van der Waals surface area contributed by atoms with Gasteiger partial charge in [0.2, 0.25) is 11.8 Å². The highest BCUT2D eigenvalue weighted by atomic mass is 16.5. The van der Waals surface area contributed by atoms with E-state index in [-0.39, 0.29) is 11.8 Å². The Morgan fingerprint density at radius 3 is 2.56 bits per heavy atom. The van der Waals surface area contributed by atoms with Crippen molar-refractivity contribution in [3.63, 3.8) is 0 Å². The molecule has 3 aliphatic rings. The average molecular weight is 514 g/mol. The topological polar surface area (TPSA) is 105 Å². The summed E-state index contributed by atoms with van der Waals surface area (Å²) < 4.78 is 12.0. The van der Waals surface area contributed by atoms with Crippen molar-refractivity contribution in [3.8, 4) is 11.5 Å². The summed E-state index contributed by atoms with van der Waals surface area (Å²) in [5.74, 6) is 1.52. The van der Waals surface area contributed by atoms with Crippen molar-refractivity contribution in [3.05, 3.63) is 36.7 Å². The summed E-state index contributed by atoms with van der Waals surface area (Å²) in [6.45, 7) is 3.55. The Kier molecular flexibility index (Phi) is 5.66. The van der Waals surface area contributed by atoms with Crippen LogP contribution in [0.4, 0.5) is 17.3 Å². The van der Waals surface area contributed by atoms with Crippen LogP contribution >= 0.6 is 0 Å². The van der Waals surface area contributed by atoms with E-state index in [0.717, 1.165) is 43.7 Å². The van der Waals surface area contributed by atoms with Gasteiger partial charge in [0.1, 0.15) is 17.2 Å². The van der Waals surface area contributed by atoms with Gasteiger partial charge in [0.05, 0.1) is 54.4 Å². The molecule has 1 aromatic carbocycles. The van der Waals surface area contributed by atoms with Crippen LogP contribution in [0.5, 0.6) is 0 Å². The van der Waals surface area contributed by atoms with Crippen LogP contribution in [0, 0.1) is 11.8 Å². The number of pyridine rings is 2. The van der Waals surface area contributed by atoms with E-state index < -0.39 is 5.24 Å². The monoisotopic (exact) mass is 514 g/mol. The van der Waals surface area contributed by atoms with Crippen molar-refractivity contribution < 1.29 is 13.9 Å². The number of benzene rings is 1. The molecular formula is C27H25B3N6O3. The molecule has 4 atom stereocenters. The molecule has 1 saturated carbocycles. The number of aromatic nitrogens is 3. The molecular weight excluding hydrogens is 489 g/mol. The Labute approximate surface area is 229 Å². The maximum Gasteiger partial charge on any atom is 0.229 e. The fourth-order valence-electron chi connectivity index (χ4n) is 5.83. The summed E-state index contributed by atoms with van der Waals surface area (Å²) in [7, 11) is 17.4. The van der Waals surface area contributed by atoms with Crippen LogP contribution in [0.3, 0.4) is 0 Å². The number of fused-ring (bicyclic) bond motifs is 4. The van der Waals surface area contributed by atoms with E-state index in [1.54, 1.807) is 18.5 Å². The number of ether oxygens (including phenoxy) is 1. The molecule has 2 bridgehead atoms. The number of rotatable bonds is 6. The zero-order chi connectivity index (χ0) is 26.9. The first-order valence-corrected chi connectivity index (χ1v) is 13.2. The zero-order valence-corrected chi connectivity index (χ0v) is 21.6. The van der Waals surface area contributed by atoms with Crippen LogP contribution in [-0.4, -0.2) is 74.9 Å². The van der Waals surface area contributed by atoms with Crippen molar-refractivity contribution in [1.82, 2.24) is 15.0 Å². The number of carbonyl (C=O) groups excluding carboxylic acids is 1. The molecule has 5 heterocycles. The van der Waals surface area contributed by atoms with Gasteiger partial charge in [-0.2, -0.15) is 0 Å². The molecule has 0 spiro atoms. The van der Waals surface area contributed by atoms with E-state index in [1.807, 2.05) is 6.07 Å². The Balaban J connectivity index is 1.29. The number of morpholine rings is 1. The first-order valence-electron chi connectivity index (χ1n) is 13.2. The van der Waals surface area contributed by atoms with E-state index >= 15 is 0 Å². The molecule has 39 heavy (non-hydrogen) atoms. The maximum absolute atomic E-state index is 12.6. The lowest BCUT2D eigenvalue weighted by Gasteiger charge is -2.36. The number of nitrogens with zero attached hydrogens (tertiary/aromatic N) is 4. The summed E-state index contributed by atoms with van der Waals surface area (Å²) in [4.78, 5) is 28.8. The summed E-state index contributed by atoms with van der Waals surface area (Å²) in [6.07, 6.45) is 6.37. The zero-order valence-electron chi connectivity index (χ0n) is 21.6. The third-order valence-corrected chi connectivity index (χ3v) is 7.94. The molecule has 2 unspecified atom stereocenters. The summed E-state index contributed by atoms with van der Waals surface area (Å²) in [5, 5.41) is 5.34. The van der Waals surface area contributed by atoms with Gasteiger partial charge in [0.25, 0.3) is 0 Å². The largest absolute Gasteiger partial charge is 0.436 e. The molecule has 1 aliphatic carbocycles. The average Bonchev–Trinajstić information content (AvgIpc) is 3.39. The number of carbonyl (C=O) groups is 1. The Morgan fingerprint density at radius 1 is 1.08 bits per heavy atom. The van der Waals surface area contributed by atoms with Crippen LogP contribution in [0.15, 0.2) is 41.1 Å². The SMILES string of the molecule is [B]C([B])([B])Nc1ncc(-c2nc3cc(N4C5CCC4COC5)ccc3o2)c2cc(NC(=O)[C@H]3C[C@H]3C)ncc12. The molecule has 7 rings (SSSR count). The summed E-state index contributed by atoms with van der Waals surface area (Å²) >= 11 is 0. The van der Waals surface area contributed by atoms with E-state index in [4.69, 9.17) is 37.7 Å². The number of amides is 1. The Bertz CT molecular complexity index is 1590. The van der Waals surface area contributed by atoms with E-state index in [1.165, 1.54) is 0 Å². The van der Waals surface area contributed by atoms with Crippen molar-refractivity contribution in [2.75, 3.05) is 28.7 Å². The predicted octanol–water partition coefficient (Wildman–Crippen LogP) is 2.93. The number of hydrogen-bond acceptors (Lipinski definition) is 8. The molecule has 1 amide bonds. The number of oxazole rings is 1. The molecule has 9 nitrogen and oxygen atoms in total. The van der Waals surface area contributed by atoms with Gasteiger partial charge in [-0.1, -0.05) is 12.2 Å². The molecule has 3 fully saturated rings. The lowest BCUT2D eigenvalue weighted by atomic mass is 9.49. The second-order valence-corrected chi connectivity index (χ2v) is 11.0. The summed E-state index contributed by atoms with van der Waals surface area (Å²) in [6, 6.07) is 8.66. The van der Waals surface area contributed by atoms with Crippen molar-refractivity contribution in [2.45, 2.75) is 43.5 Å². The lowest BCUT2D eigenvalue weighted by molar-refractivity contribution is -0.117. The molecule has 2 aliphatic heterocycles. The fraction of sp³-hybridized carbons (Fsp3) is 0.407. The van der Waals surface area contributed by atoms with Gasteiger partial charge in [-0.15, -0.1) is 0 Å². The van der Waals surface area contributed by atoms with Crippen LogP contribution in [-0.2, 0) is 9.53 Å². The van der Waals surface area contributed by atoms with Gasteiger partial charge >= 0.3 is 0 Å². The van der Waals surface area contributed by atoms with Crippen LogP contribution in [0.2, 0.25) is 0 Å². The molecule has 6 radical (unpaired) electrons. The van der Waals surface area contributed by atoms with Crippen molar-refractivity contribution in [1.29, 1.82) is 0 Å². The van der Waals surface area contributed by atoms with Gasteiger partial charge in [0, 0.05) is 34.8 Å². The highest BCUT2D eigenvalue weighted by Crippen LogP contribution is 2.40. The highest BCUT2D eigenvalue weighted by molar-refractivity contribution is 6.60. The van der Waals surface area contributed by atoms with Crippen LogP contribution < -0.4 is 15.5 Å². The minimum atomic E-state index is -1.69. The predicted molar refractivity (Wildman–Crippen MR) is 152 cm³/mol. The number of anilines is 3. The van der Waals surface area contributed by atoms with E-state index in [2.05, 4.69) is 44.6 Å². The summed E-state index contributed by atoms with van der Waals surface area (Å²) in [5.41, 5.74) is 3.17. The van der Waals surface area contributed by atoms with E-state index in [9.17, 15) is 4.79 Å². The Hall–Kier alpha value is -3.53. The lowest BCUT2D eigenvalue weighted by Crippen LogP contribution is -2.45. The van der Waals surface area contributed by atoms with Crippen LogP contribution in [0.25, 0.3) is 33.3 Å². The van der Waals surface area contributed by atoms with Gasteiger partial charge in [-0.05, 0) is 49.4 Å². The minimum absolute atomic E-state index is 0.0110. The minimum Gasteiger partial charge on any atom is -0.436 e. The smallest absolute Gasteiger partial charge is 0.229 e. The third-order valence-electron chi connectivity index (χ3n) is 7.94. The van der Waals surface area contributed by atoms with Crippen molar-refractivity contribution >= 4 is 68.6 Å². The molecule has 12 heteroatoms. The maximum atomic E-state index is 12.6. The normalized spacial score (nSPS) is 24.3. The second kappa shape index (κ2) is 9.01. The third kappa shape index (κ3) is 4.54. The first kappa shape index (κ1) is 24.5. The molecule has 2 N–H and O–H groups in total. The van der Waals surface area contributed by atoms with Gasteiger partial charge in [-0.25, -0.2) is 15.0 Å². The van der Waals surface area contributed by atoms with Crippen LogP contribution in [0.1, 0.15) is 26.2 Å². The number of hydrogen-bond donors (Lipinski definition) is 2. The molecule has 190 valence electrons. The highest BCUT2D eigenvalue weighted by Gasteiger charge is 2.39. The first-order chi connectivity index (χ1) is 18.7. The molecule has 4 aromatic rings. The van der Waals surface area contributed by atoms with Gasteiger partial charge < -0.3 is 24.7 Å². The number of nitrogens with one attached hydrogen (secondary N) is 2. The standard InChI is InChI=1S/C27H25B3N6O3/c1-13-6-17(13)25(37)34-23-8-18-19(9-31-23)24(35-27(28,29)30)32-10-20(18)26-33-21-7-14(4-5-22(21)39-26)36-15-2-3-16(36)12-38-11-15/h4-5,7-10,13,15-17H,2-3,6,11-12H2,1H3,(H,32,35)(H,31,34,37)/t13-,15?,16?,17+/m1/s1. The Morgan fingerprint density at radius 2 is 1.85 bits per heavy atom. The van der Waals surface area contributed by atoms with Crippen molar-refractivity contribution in [2.24, 2.45) is 11.8 Å². The van der Waals surface area contributed by atoms with Gasteiger partial charge in [-0.3, -0.25) is 4.79 Å². The fourth-order valence-corrected chi connectivity index (χ4v) is 5.83. The quantitative estimate of drug-likeness (QED) is 0.379. The van der Waals surface area contributed by atoms with Gasteiger partial charge in [0.15, 0.2) is 5.58 Å². The van der Waals surface area contributed by atoms with E-state index in [0.29, 0.717) is 57.4 Å².